The highest BCUT2D eigenvalue weighted by Gasteiger charge is 1.95. The monoisotopic (exact) mass is 210 g/mol. The van der Waals surface area contributed by atoms with Crippen molar-refractivity contribution >= 4 is 28.1 Å². The van der Waals surface area contributed by atoms with Crippen LogP contribution in [0.15, 0.2) is 5.10 Å². The summed E-state index contributed by atoms with van der Waals surface area (Å²) in [4.78, 5) is 0. The molecular formula is C4H7IN2. The molecule has 2 nitrogen and oxygen atoms in total. The molecule has 3 heteroatoms. The van der Waals surface area contributed by atoms with Gasteiger partial charge in [-0.1, -0.05) is 0 Å². The molecule has 0 aromatic carbocycles. The fourth-order valence-electron chi connectivity index (χ4n) is 0.401. The van der Waals surface area contributed by atoms with Crippen LogP contribution in [0.4, 0.5) is 0 Å². The van der Waals surface area contributed by atoms with Gasteiger partial charge in [-0.3, -0.25) is 5.43 Å². The maximum absolute atomic E-state index is 4.00. The molecule has 0 spiro atoms. The summed E-state index contributed by atoms with van der Waals surface area (Å²) in [5.74, 6) is 0. The molecule has 1 rings (SSSR count). The summed E-state index contributed by atoms with van der Waals surface area (Å²) in [6.07, 6.45) is 0. The minimum Gasteiger partial charge on any atom is -0.276 e. The van der Waals surface area contributed by atoms with Gasteiger partial charge >= 0.3 is 0 Å². The molecule has 0 atom stereocenters. The number of hydrogen-bond acceptors (Lipinski definition) is 2. The lowest BCUT2D eigenvalue weighted by Crippen LogP contribution is -2.05. The molecule has 0 radical (unpaired) electrons. The van der Waals surface area contributed by atoms with Crippen LogP contribution in [-0.4, -0.2) is 7.35 Å². The third-order valence-electron chi connectivity index (χ3n) is 0.643. The van der Waals surface area contributed by atoms with Crippen molar-refractivity contribution in [3.8, 4) is 0 Å². The van der Waals surface area contributed by atoms with E-state index in [1.165, 1.54) is 7.35 Å². The van der Waals surface area contributed by atoms with Crippen molar-refractivity contribution in [3.63, 3.8) is 0 Å². The van der Waals surface area contributed by atoms with Crippen molar-refractivity contribution in [2.45, 2.75) is 13.8 Å². The SMILES string of the molecule is CC1=NNC(C)=I1. The van der Waals surface area contributed by atoms with Gasteiger partial charge in [0.15, 0.2) is 0 Å². The van der Waals surface area contributed by atoms with Gasteiger partial charge in [-0.25, -0.2) is 0 Å². The first-order valence-corrected chi connectivity index (χ1v) is 4.23. The third kappa shape index (κ3) is 1.22. The predicted molar refractivity (Wildman–Crippen MR) is 40.9 cm³/mol. The lowest BCUT2D eigenvalue weighted by Gasteiger charge is -1.83. The highest BCUT2D eigenvalue weighted by Crippen LogP contribution is 2.06. The quantitative estimate of drug-likeness (QED) is 0.593. The Bertz CT molecular complexity index is 137. The van der Waals surface area contributed by atoms with E-state index >= 15 is 0 Å². The Morgan fingerprint density at radius 2 is 2.29 bits per heavy atom. The van der Waals surface area contributed by atoms with Crippen LogP contribution in [0.25, 0.3) is 0 Å². The van der Waals surface area contributed by atoms with Crippen molar-refractivity contribution in [3.05, 3.63) is 0 Å². The van der Waals surface area contributed by atoms with E-state index < -0.39 is 0 Å². The average molecular weight is 210 g/mol. The van der Waals surface area contributed by atoms with Gasteiger partial charge in [-0.05, 0) is 34.6 Å². The number of hydrogen-bond donors (Lipinski definition) is 1. The summed E-state index contributed by atoms with van der Waals surface area (Å²) < 4.78 is 2.65. The Hall–Kier alpha value is 0.0700. The van der Waals surface area contributed by atoms with Crippen molar-refractivity contribution in [2.24, 2.45) is 5.10 Å². The molecule has 1 N–H and O–H groups in total. The molecule has 0 saturated carbocycles. The first kappa shape index (κ1) is 5.21. The minimum absolute atomic E-state index is 0.172. The molecule has 1 aliphatic rings. The Labute approximate surface area is 52.7 Å². The van der Waals surface area contributed by atoms with Crippen LogP contribution in [0, 0.1) is 0 Å². The molecule has 1 aliphatic heterocycles. The zero-order valence-electron chi connectivity index (χ0n) is 4.33. The summed E-state index contributed by atoms with van der Waals surface area (Å²) in [6.45, 7) is 4.16. The smallest absolute Gasteiger partial charge is 0.0917 e. The second-order valence-electron chi connectivity index (χ2n) is 1.35. The number of hydrazone groups is 1. The molecule has 0 amide bonds. The number of nitrogens with zero attached hydrogens (tertiary/aromatic N) is 1. The summed E-state index contributed by atoms with van der Waals surface area (Å²) in [5, 5.41) is 4.00. The van der Waals surface area contributed by atoms with E-state index in [1.807, 2.05) is 0 Å². The van der Waals surface area contributed by atoms with Crippen LogP contribution in [-0.2, 0) is 0 Å². The molecule has 7 heavy (non-hydrogen) atoms. The van der Waals surface area contributed by atoms with Gasteiger partial charge in [-0.15, -0.1) is 0 Å². The summed E-state index contributed by atoms with van der Waals surface area (Å²) in [5.41, 5.74) is 2.92. The van der Waals surface area contributed by atoms with Gasteiger partial charge in [0.1, 0.15) is 0 Å². The van der Waals surface area contributed by atoms with Gasteiger partial charge in [0.2, 0.25) is 0 Å². The van der Waals surface area contributed by atoms with E-state index in [4.69, 9.17) is 0 Å². The lowest BCUT2D eigenvalue weighted by molar-refractivity contribution is 1.05. The van der Waals surface area contributed by atoms with Crippen LogP contribution in [0.3, 0.4) is 0 Å². The average Bonchev–Trinajstić information content (AvgIpc) is 1.87. The summed E-state index contributed by atoms with van der Waals surface area (Å²) in [7, 11) is 0. The highest BCUT2D eigenvalue weighted by atomic mass is 127. The summed E-state index contributed by atoms with van der Waals surface area (Å²) >= 11 is 0.172. The van der Waals surface area contributed by atoms with E-state index in [-0.39, 0.29) is 20.7 Å². The molecule has 0 fully saturated rings. The summed E-state index contributed by atoms with van der Waals surface area (Å²) in [6, 6.07) is 0. The first-order valence-electron chi connectivity index (χ1n) is 2.08. The van der Waals surface area contributed by atoms with Crippen molar-refractivity contribution < 1.29 is 0 Å². The Morgan fingerprint density at radius 3 is 2.43 bits per heavy atom. The fourth-order valence-corrected chi connectivity index (χ4v) is 2.05. The van der Waals surface area contributed by atoms with E-state index in [2.05, 4.69) is 24.4 Å². The van der Waals surface area contributed by atoms with E-state index in [0.29, 0.717) is 0 Å². The molecule has 40 valence electrons. The normalized spacial score (nSPS) is 19.1. The first-order chi connectivity index (χ1) is 3.29. The Kier molecular flexibility index (Phi) is 1.41. The zero-order valence-corrected chi connectivity index (χ0v) is 6.48. The molecule has 0 aliphatic carbocycles. The zero-order chi connectivity index (χ0) is 5.28. The molecule has 1 heterocycles. The van der Waals surface area contributed by atoms with Crippen LogP contribution in [0.1, 0.15) is 13.8 Å². The molecular weight excluding hydrogens is 203 g/mol. The number of nitrogens with one attached hydrogen (secondary N) is 1. The molecule has 0 aromatic heterocycles. The molecule has 0 aromatic rings. The van der Waals surface area contributed by atoms with Gasteiger partial charge < -0.3 is 0 Å². The standard InChI is InChI=1S/C4H7IN2/c1-3-5-4(2)7-6-3/h6H,1-2H3. The molecule has 0 saturated heterocycles. The number of rotatable bonds is 0. The van der Waals surface area contributed by atoms with E-state index in [1.54, 1.807) is 0 Å². The highest BCUT2D eigenvalue weighted by molar-refractivity contribution is 14.2. The van der Waals surface area contributed by atoms with Crippen molar-refractivity contribution in [2.75, 3.05) is 0 Å². The molecule has 0 bridgehead atoms. The van der Waals surface area contributed by atoms with Crippen molar-refractivity contribution in [1.29, 1.82) is 0 Å². The van der Waals surface area contributed by atoms with E-state index in [9.17, 15) is 0 Å². The van der Waals surface area contributed by atoms with Crippen LogP contribution in [0.2, 0.25) is 0 Å². The second kappa shape index (κ2) is 1.90. The Balaban J connectivity index is 2.69. The second-order valence-corrected chi connectivity index (χ2v) is 5.07. The van der Waals surface area contributed by atoms with Crippen LogP contribution >= 0.6 is 20.7 Å². The predicted octanol–water partition coefficient (Wildman–Crippen LogP) is 1.04. The van der Waals surface area contributed by atoms with Crippen LogP contribution in [0.5, 0.6) is 0 Å². The van der Waals surface area contributed by atoms with Gasteiger partial charge in [0.05, 0.1) is 7.35 Å². The van der Waals surface area contributed by atoms with Crippen molar-refractivity contribution in [1.82, 2.24) is 5.43 Å². The third-order valence-corrected chi connectivity index (χ3v) is 2.71. The van der Waals surface area contributed by atoms with E-state index in [0.717, 1.165) is 0 Å². The number of halogens is 1. The lowest BCUT2D eigenvalue weighted by atomic mass is 10.8. The largest absolute Gasteiger partial charge is 0.276 e. The topological polar surface area (TPSA) is 24.4 Å². The van der Waals surface area contributed by atoms with Gasteiger partial charge in [-0.2, -0.15) is 5.10 Å². The Morgan fingerprint density at radius 1 is 1.57 bits per heavy atom. The fraction of sp³-hybridized carbons (Fsp3) is 0.500. The maximum Gasteiger partial charge on any atom is 0.0917 e. The maximum atomic E-state index is 4.00. The minimum atomic E-state index is 0.172. The molecule has 0 unspecified atom stereocenters. The van der Waals surface area contributed by atoms with Gasteiger partial charge in [0, 0.05) is 0 Å². The van der Waals surface area contributed by atoms with Gasteiger partial charge in [0.25, 0.3) is 0 Å². The van der Waals surface area contributed by atoms with Crippen LogP contribution < -0.4 is 5.43 Å².